The van der Waals surface area contributed by atoms with Crippen LogP contribution in [-0.4, -0.2) is 32.9 Å². The summed E-state index contributed by atoms with van der Waals surface area (Å²) in [7, 11) is 0. The van der Waals surface area contributed by atoms with Crippen LogP contribution in [0.2, 0.25) is 0 Å². The summed E-state index contributed by atoms with van der Waals surface area (Å²) in [5.41, 5.74) is 0.0289. The second-order valence-electron chi connectivity index (χ2n) is 5.57. The highest BCUT2D eigenvalue weighted by Crippen LogP contribution is 2.18. The predicted octanol–water partition coefficient (Wildman–Crippen LogP) is 1.08. The molecular formula is C15H23N3O3. The summed E-state index contributed by atoms with van der Waals surface area (Å²) in [4.78, 5) is 23.9. The summed E-state index contributed by atoms with van der Waals surface area (Å²) in [6.45, 7) is 2.55. The molecule has 1 aliphatic rings. The van der Waals surface area contributed by atoms with E-state index >= 15 is 0 Å². The first-order chi connectivity index (χ1) is 10.1. The number of hydrogen-bond donors (Lipinski definition) is 2. The number of aliphatic hydroxyl groups excluding tert-OH is 1. The van der Waals surface area contributed by atoms with Crippen LogP contribution in [0.3, 0.4) is 0 Å². The van der Waals surface area contributed by atoms with E-state index in [1.165, 1.54) is 16.8 Å². The van der Waals surface area contributed by atoms with Crippen LogP contribution >= 0.6 is 0 Å². The van der Waals surface area contributed by atoms with Crippen molar-refractivity contribution in [1.29, 1.82) is 0 Å². The quantitative estimate of drug-likeness (QED) is 0.850. The molecule has 0 aliphatic heterocycles. The molecule has 6 heteroatoms. The number of nitrogens with one attached hydrogen (secondary N) is 1. The number of amides is 1. The lowest BCUT2D eigenvalue weighted by Gasteiger charge is -2.28. The fourth-order valence-corrected chi connectivity index (χ4v) is 2.56. The third-order valence-corrected chi connectivity index (χ3v) is 3.87. The van der Waals surface area contributed by atoms with E-state index in [1.54, 1.807) is 0 Å². The van der Waals surface area contributed by atoms with Crippen molar-refractivity contribution in [3.63, 3.8) is 0 Å². The molecule has 0 spiro atoms. The molecule has 0 aromatic carbocycles. The Bertz CT molecular complexity index is 541. The lowest BCUT2D eigenvalue weighted by atomic mass is 9.92. The zero-order valence-corrected chi connectivity index (χ0v) is 12.4. The summed E-state index contributed by atoms with van der Waals surface area (Å²) in [6, 6.07) is 2.59. The van der Waals surface area contributed by atoms with Crippen molar-refractivity contribution in [3.8, 4) is 0 Å². The number of rotatable bonds is 5. The first-order valence-corrected chi connectivity index (χ1v) is 7.69. The number of hydrogen-bond acceptors (Lipinski definition) is 4. The molecule has 116 valence electrons. The Morgan fingerprint density at radius 3 is 2.90 bits per heavy atom. The van der Waals surface area contributed by atoms with Crippen molar-refractivity contribution in [3.05, 3.63) is 28.2 Å². The average Bonchev–Trinajstić information content (AvgIpc) is 2.48. The number of nitrogens with zero attached hydrogens (tertiary/aromatic N) is 2. The van der Waals surface area contributed by atoms with Gasteiger partial charge < -0.3 is 10.4 Å². The molecule has 2 rings (SSSR count). The number of aliphatic hydroxyl groups is 1. The van der Waals surface area contributed by atoms with Gasteiger partial charge in [0.25, 0.3) is 11.5 Å². The Labute approximate surface area is 124 Å². The molecule has 1 aromatic heterocycles. The molecule has 0 saturated heterocycles. The van der Waals surface area contributed by atoms with Crippen LogP contribution in [0.1, 0.15) is 55.9 Å². The third kappa shape index (κ3) is 4.14. The van der Waals surface area contributed by atoms with Crippen LogP contribution in [-0.2, 0) is 6.54 Å². The van der Waals surface area contributed by atoms with Crippen LogP contribution in [0.15, 0.2) is 16.9 Å². The maximum atomic E-state index is 12.2. The molecule has 2 N–H and O–H groups in total. The van der Waals surface area contributed by atoms with Crippen LogP contribution < -0.4 is 10.9 Å². The fourth-order valence-electron chi connectivity index (χ4n) is 2.56. The summed E-state index contributed by atoms with van der Waals surface area (Å²) in [6.07, 6.45) is 4.81. The molecule has 1 amide bonds. The summed E-state index contributed by atoms with van der Waals surface area (Å²) in [5.74, 6) is -0.328. The average molecular weight is 293 g/mol. The Morgan fingerprint density at radius 2 is 2.19 bits per heavy atom. The second kappa shape index (κ2) is 7.36. The van der Waals surface area contributed by atoms with Crippen molar-refractivity contribution in [2.75, 3.05) is 0 Å². The Morgan fingerprint density at radius 1 is 1.43 bits per heavy atom. The number of aromatic nitrogens is 2. The number of unbranched alkanes of at least 4 members (excludes halogenated alkanes) is 1. The van der Waals surface area contributed by atoms with Gasteiger partial charge in [0, 0.05) is 12.6 Å². The van der Waals surface area contributed by atoms with Crippen LogP contribution in [0, 0.1) is 0 Å². The van der Waals surface area contributed by atoms with Crippen LogP contribution in [0.25, 0.3) is 0 Å². The summed E-state index contributed by atoms with van der Waals surface area (Å²) >= 11 is 0. The van der Waals surface area contributed by atoms with Gasteiger partial charge in [-0.15, -0.1) is 0 Å². The summed E-state index contributed by atoms with van der Waals surface area (Å²) < 4.78 is 1.33. The number of aryl methyl sites for hydroxylation is 1. The highest BCUT2D eigenvalue weighted by atomic mass is 16.3. The van der Waals surface area contributed by atoms with Crippen LogP contribution in [0.4, 0.5) is 0 Å². The SMILES string of the molecule is CCCCn1nc(C(=O)N[C@H]2CCCC[C@@H]2O)ccc1=O. The normalized spacial score (nSPS) is 22.0. The molecule has 1 heterocycles. The first-order valence-electron chi connectivity index (χ1n) is 7.69. The Hall–Kier alpha value is -1.69. The van der Waals surface area contributed by atoms with Gasteiger partial charge in [0.15, 0.2) is 0 Å². The van der Waals surface area contributed by atoms with E-state index in [1.807, 2.05) is 6.92 Å². The topological polar surface area (TPSA) is 84.2 Å². The van der Waals surface area contributed by atoms with E-state index in [2.05, 4.69) is 10.4 Å². The molecule has 6 nitrogen and oxygen atoms in total. The second-order valence-corrected chi connectivity index (χ2v) is 5.57. The molecule has 0 bridgehead atoms. The molecular weight excluding hydrogens is 270 g/mol. The molecule has 2 atom stereocenters. The fraction of sp³-hybridized carbons (Fsp3) is 0.667. The van der Waals surface area contributed by atoms with E-state index < -0.39 is 6.10 Å². The minimum Gasteiger partial charge on any atom is -0.391 e. The lowest BCUT2D eigenvalue weighted by Crippen LogP contribution is -2.45. The molecule has 1 aromatic rings. The van der Waals surface area contributed by atoms with Gasteiger partial charge in [0.05, 0.1) is 12.1 Å². The summed E-state index contributed by atoms with van der Waals surface area (Å²) in [5, 5.41) is 16.8. The zero-order chi connectivity index (χ0) is 15.2. The smallest absolute Gasteiger partial charge is 0.272 e. The molecule has 0 unspecified atom stereocenters. The van der Waals surface area contributed by atoms with Crippen molar-refractivity contribution in [2.45, 2.75) is 64.1 Å². The van der Waals surface area contributed by atoms with Crippen molar-refractivity contribution in [1.82, 2.24) is 15.1 Å². The standard InChI is InChI=1S/C15H23N3O3/c1-2-3-10-18-14(20)9-8-12(17-18)15(21)16-11-6-4-5-7-13(11)19/h8-9,11,13,19H,2-7,10H2,1H3,(H,16,21)/t11-,13-/m0/s1. The highest BCUT2D eigenvalue weighted by molar-refractivity contribution is 5.92. The van der Waals surface area contributed by atoms with Gasteiger partial charge in [-0.25, -0.2) is 4.68 Å². The maximum absolute atomic E-state index is 12.2. The Kier molecular flexibility index (Phi) is 5.50. The number of carbonyl (C=O) groups is 1. The van der Waals surface area contributed by atoms with Crippen molar-refractivity contribution >= 4 is 5.91 Å². The van der Waals surface area contributed by atoms with Crippen molar-refractivity contribution in [2.24, 2.45) is 0 Å². The minimum atomic E-state index is -0.492. The van der Waals surface area contributed by atoms with Gasteiger partial charge in [-0.2, -0.15) is 5.10 Å². The van der Waals surface area contributed by atoms with E-state index in [0.717, 1.165) is 32.1 Å². The van der Waals surface area contributed by atoms with E-state index in [4.69, 9.17) is 0 Å². The van der Waals surface area contributed by atoms with E-state index in [-0.39, 0.29) is 23.2 Å². The predicted molar refractivity (Wildman–Crippen MR) is 79.1 cm³/mol. The Balaban J connectivity index is 2.06. The molecule has 1 fully saturated rings. The van der Waals surface area contributed by atoms with Gasteiger partial charge >= 0.3 is 0 Å². The third-order valence-electron chi connectivity index (χ3n) is 3.87. The van der Waals surface area contributed by atoms with Crippen LogP contribution in [0.5, 0.6) is 0 Å². The van der Waals surface area contributed by atoms with Gasteiger partial charge in [-0.3, -0.25) is 9.59 Å². The highest BCUT2D eigenvalue weighted by Gasteiger charge is 2.25. The van der Waals surface area contributed by atoms with Gasteiger partial charge in [-0.1, -0.05) is 26.2 Å². The van der Waals surface area contributed by atoms with Gasteiger partial charge in [0.2, 0.25) is 0 Å². The first kappa shape index (κ1) is 15.7. The largest absolute Gasteiger partial charge is 0.391 e. The van der Waals surface area contributed by atoms with E-state index in [0.29, 0.717) is 13.0 Å². The maximum Gasteiger partial charge on any atom is 0.272 e. The van der Waals surface area contributed by atoms with Gasteiger partial charge in [0.1, 0.15) is 5.69 Å². The van der Waals surface area contributed by atoms with Gasteiger partial charge in [-0.05, 0) is 25.3 Å². The zero-order valence-electron chi connectivity index (χ0n) is 12.4. The lowest BCUT2D eigenvalue weighted by molar-refractivity contribution is 0.0712. The monoisotopic (exact) mass is 293 g/mol. The molecule has 1 saturated carbocycles. The molecule has 0 radical (unpaired) electrons. The molecule has 21 heavy (non-hydrogen) atoms. The van der Waals surface area contributed by atoms with Crippen molar-refractivity contribution < 1.29 is 9.90 Å². The van der Waals surface area contributed by atoms with E-state index in [9.17, 15) is 14.7 Å². The molecule has 1 aliphatic carbocycles. The minimum absolute atomic E-state index is 0.197. The number of carbonyl (C=O) groups excluding carboxylic acids is 1.